The topological polar surface area (TPSA) is 121 Å². The van der Waals surface area contributed by atoms with Crippen molar-refractivity contribution in [2.45, 2.75) is 31.8 Å². The van der Waals surface area contributed by atoms with Crippen LogP contribution in [0.4, 0.5) is 4.79 Å². The molecule has 2 N–H and O–H groups in total. The maximum Gasteiger partial charge on any atom is 0.326 e. The van der Waals surface area contributed by atoms with Gasteiger partial charge in [0.1, 0.15) is 23.6 Å². The second-order valence-electron chi connectivity index (χ2n) is 8.55. The van der Waals surface area contributed by atoms with Gasteiger partial charge in [-0.25, -0.2) is 4.79 Å². The molecule has 1 aliphatic heterocycles. The second kappa shape index (κ2) is 9.43. The second-order valence-corrected chi connectivity index (χ2v) is 8.55. The zero-order valence-electron chi connectivity index (χ0n) is 19.8. The summed E-state index contributed by atoms with van der Waals surface area (Å²) in [5.74, 6) is -0.216. The zero-order valence-corrected chi connectivity index (χ0v) is 19.8. The van der Waals surface area contributed by atoms with Gasteiger partial charge in [-0.05, 0) is 48.2 Å². The highest BCUT2D eigenvalue weighted by Gasteiger charge is 2.54. The van der Waals surface area contributed by atoms with Gasteiger partial charge in [0.05, 0.1) is 20.3 Å². The average molecular weight is 465 g/mol. The molecule has 34 heavy (non-hydrogen) atoms. The number of carbonyl (C=O) groups is 3. The summed E-state index contributed by atoms with van der Waals surface area (Å²) in [6.45, 7) is 4.67. The number of imide groups is 1. The van der Waals surface area contributed by atoms with E-state index in [1.165, 1.54) is 14.2 Å². The predicted octanol–water partition coefficient (Wildman–Crippen LogP) is 2.55. The first kappa shape index (κ1) is 24.6. The van der Waals surface area contributed by atoms with Crippen molar-refractivity contribution in [2.75, 3.05) is 20.8 Å². The lowest BCUT2D eigenvalue weighted by Crippen LogP contribution is -2.53. The van der Waals surface area contributed by atoms with Gasteiger partial charge in [0.15, 0.2) is 5.54 Å². The minimum Gasteiger partial charge on any atom is -0.497 e. The normalized spacial score (nSPS) is 16.4. The van der Waals surface area contributed by atoms with Gasteiger partial charge in [0.2, 0.25) is 5.91 Å². The Bertz CT molecular complexity index is 1070. The molecule has 1 heterocycles. The zero-order chi connectivity index (χ0) is 25.1. The maximum atomic E-state index is 13.8. The summed E-state index contributed by atoms with van der Waals surface area (Å²) >= 11 is 0. The lowest BCUT2D eigenvalue weighted by Gasteiger charge is -2.29. The van der Waals surface area contributed by atoms with E-state index in [0.717, 1.165) is 4.90 Å². The molecule has 2 aromatic carbocycles. The quantitative estimate of drug-likeness (QED) is 0.579. The van der Waals surface area contributed by atoms with Crippen LogP contribution in [-0.4, -0.2) is 49.0 Å². The van der Waals surface area contributed by atoms with Gasteiger partial charge in [-0.2, -0.15) is 5.26 Å². The number of urea groups is 1. The van der Waals surface area contributed by atoms with Gasteiger partial charge in [0, 0.05) is 0 Å². The number of hydrogen-bond donors (Lipinski definition) is 2. The van der Waals surface area contributed by atoms with Crippen molar-refractivity contribution in [1.29, 1.82) is 5.26 Å². The Morgan fingerprint density at radius 2 is 1.53 bits per heavy atom. The Labute approximate surface area is 198 Å². The Morgan fingerprint density at radius 3 is 1.91 bits per heavy atom. The van der Waals surface area contributed by atoms with Gasteiger partial charge in [-0.1, -0.05) is 38.1 Å². The molecule has 1 saturated heterocycles. The van der Waals surface area contributed by atoms with Crippen LogP contribution < -0.4 is 20.1 Å². The molecule has 1 fully saturated rings. The molecule has 0 aromatic heterocycles. The number of hydrogen-bond acceptors (Lipinski definition) is 6. The van der Waals surface area contributed by atoms with Crippen molar-refractivity contribution >= 4 is 17.8 Å². The van der Waals surface area contributed by atoms with Gasteiger partial charge in [-0.3, -0.25) is 14.5 Å². The number of nitrogens with zero attached hydrogens (tertiary/aromatic N) is 2. The first-order valence-corrected chi connectivity index (χ1v) is 10.8. The highest BCUT2D eigenvalue weighted by molar-refractivity contribution is 6.11. The van der Waals surface area contributed by atoms with Crippen LogP contribution >= 0.6 is 0 Å². The Hall–Kier alpha value is -4.06. The predicted molar refractivity (Wildman–Crippen MR) is 124 cm³/mol. The van der Waals surface area contributed by atoms with E-state index in [-0.39, 0.29) is 5.92 Å². The molecule has 4 amide bonds. The lowest BCUT2D eigenvalue weighted by atomic mass is 9.82. The van der Waals surface area contributed by atoms with E-state index in [9.17, 15) is 19.6 Å². The molecule has 9 heteroatoms. The van der Waals surface area contributed by atoms with Gasteiger partial charge in [-0.15, -0.1) is 0 Å². The third-order valence-corrected chi connectivity index (χ3v) is 6.24. The molecule has 1 atom stereocenters. The monoisotopic (exact) mass is 464 g/mol. The number of nitrogens with one attached hydrogen (secondary N) is 2. The van der Waals surface area contributed by atoms with E-state index < -0.39 is 35.5 Å². The summed E-state index contributed by atoms with van der Waals surface area (Å²) in [5.41, 5.74) is -1.68. The fourth-order valence-electron chi connectivity index (χ4n) is 3.73. The van der Waals surface area contributed by atoms with Crippen molar-refractivity contribution in [3.8, 4) is 17.6 Å². The minimum absolute atomic E-state index is 0.178. The van der Waals surface area contributed by atoms with Crippen LogP contribution in [0.25, 0.3) is 0 Å². The number of rotatable bonds is 8. The largest absolute Gasteiger partial charge is 0.497 e. The maximum absolute atomic E-state index is 13.8. The van der Waals surface area contributed by atoms with Crippen LogP contribution in [0.1, 0.15) is 31.9 Å². The molecule has 0 radical (unpaired) electrons. The van der Waals surface area contributed by atoms with Crippen molar-refractivity contribution < 1.29 is 23.9 Å². The van der Waals surface area contributed by atoms with E-state index in [4.69, 9.17) is 9.47 Å². The number of amides is 4. The average Bonchev–Trinajstić information content (AvgIpc) is 3.09. The van der Waals surface area contributed by atoms with Crippen molar-refractivity contribution in [3.63, 3.8) is 0 Å². The van der Waals surface area contributed by atoms with Crippen molar-refractivity contribution in [2.24, 2.45) is 5.92 Å². The fourth-order valence-corrected chi connectivity index (χ4v) is 3.73. The highest BCUT2D eigenvalue weighted by Crippen LogP contribution is 2.37. The van der Waals surface area contributed by atoms with E-state index in [1.54, 1.807) is 69.3 Å². The Morgan fingerprint density at radius 1 is 1.06 bits per heavy atom. The molecule has 178 valence electrons. The fraction of sp³-hybridized carbons (Fsp3) is 0.360. The summed E-state index contributed by atoms with van der Waals surface area (Å²) in [7, 11) is 3.06. The first-order valence-electron chi connectivity index (χ1n) is 10.8. The molecule has 0 spiro atoms. The third-order valence-electron chi connectivity index (χ3n) is 6.24. The van der Waals surface area contributed by atoms with Crippen LogP contribution in [0.5, 0.6) is 11.5 Å². The van der Waals surface area contributed by atoms with Crippen molar-refractivity contribution in [3.05, 3.63) is 59.7 Å². The third kappa shape index (κ3) is 4.27. The number of nitriles is 1. The minimum atomic E-state index is -1.55. The van der Waals surface area contributed by atoms with E-state index >= 15 is 0 Å². The summed E-state index contributed by atoms with van der Waals surface area (Å²) < 4.78 is 10.4. The van der Waals surface area contributed by atoms with Gasteiger partial charge >= 0.3 is 6.03 Å². The number of benzene rings is 2. The van der Waals surface area contributed by atoms with Gasteiger partial charge in [0.25, 0.3) is 5.91 Å². The summed E-state index contributed by atoms with van der Waals surface area (Å²) in [4.78, 5) is 40.4. The van der Waals surface area contributed by atoms with Crippen LogP contribution in [0.15, 0.2) is 48.5 Å². The molecule has 0 aliphatic carbocycles. The number of carbonyl (C=O) groups excluding carboxylic acids is 3. The molecule has 1 aliphatic rings. The van der Waals surface area contributed by atoms with Crippen molar-refractivity contribution in [1.82, 2.24) is 15.5 Å². The molecule has 1 unspecified atom stereocenters. The number of methoxy groups -OCH3 is 2. The Balaban J connectivity index is 2.00. The van der Waals surface area contributed by atoms with Crippen LogP contribution in [0, 0.1) is 17.2 Å². The molecule has 0 bridgehead atoms. The molecule has 2 aromatic rings. The Kier molecular flexibility index (Phi) is 6.82. The van der Waals surface area contributed by atoms with E-state index in [0.29, 0.717) is 22.6 Å². The first-order chi connectivity index (χ1) is 16.1. The van der Waals surface area contributed by atoms with Crippen LogP contribution in [-0.2, 0) is 15.1 Å². The summed E-state index contributed by atoms with van der Waals surface area (Å²) in [6, 6.07) is 14.9. The van der Waals surface area contributed by atoms with E-state index in [2.05, 4.69) is 16.7 Å². The molecular weight excluding hydrogens is 436 g/mol. The highest BCUT2D eigenvalue weighted by atomic mass is 16.5. The SMILES string of the molecule is COc1ccc(C2(c3ccc(OC)cc3)NC(=O)N(CC(=O)NC(C)(C#N)C(C)C)C2=O)cc1. The van der Waals surface area contributed by atoms with Crippen LogP contribution in [0.2, 0.25) is 0 Å². The summed E-state index contributed by atoms with van der Waals surface area (Å²) in [6.07, 6.45) is 0. The summed E-state index contributed by atoms with van der Waals surface area (Å²) in [5, 5.41) is 14.9. The molecule has 0 saturated carbocycles. The smallest absolute Gasteiger partial charge is 0.326 e. The van der Waals surface area contributed by atoms with Crippen LogP contribution in [0.3, 0.4) is 0 Å². The molecule has 9 nitrogen and oxygen atoms in total. The van der Waals surface area contributed by atoms with E-state index in [1.807, 2.05) is 0 Å². The van der Waals surface area contributed by atoms with Gasteiger partial charge < -0.3 is 20.1 Å². The standard InChI is InChI=1S/C25H28N4O5/c1-16(2)24(3,15-26)27-21(30)14-29-22(31)25(28-23(29)32,17-6-10-19(33-4)11-7-17)18-8-12-20(34-5)13-9-18/h6-13,16H,14H2,1-5H3,(H,27,30)(H,28,32). The lowest BCUT2D eigenvalue weighted by molar-refractivity contribution is -0.134. The number of ether oxygens (including phenoxy) is 2. The molecular formula is C25H28N4O5. The molecule has 3 rings (SSSR count).